The Balaban J connectivity index is 1.43. The Bertz CT molecular complexity index is 1200. The smallest absolute Gasteiger partial charge is 0.254 e. The summed E-state index contributed by atoms with van der Waals surface area (Å²) in [5, 5.41) is 15.4. The molecule has 7 rings (SSSR count). The third kappa shape index (κ3) is 2.43. The van der Waals surface area contributed by atoms with Gasteiger partial charge in [-0.3, -0.25) is 9.59 Å². The van der Waals surface area contributed by atoms with Gasteiger partial charge in [-0.25, -0.2) is 0 Å². The maximum absolute atomic E-state index is 13.5. The first-order valence-electron chi connectivity index (χ1n) is 10.6. The van der Waals surface area contributed by atoms with Gasteiger partial charge in [-0.05, 0) is 40.5 Å². The second-order valence-corrected chi connectivity index (χ2v) is 8.42. The van der Waals surface area contributed by atoms with E-state index in [0.717, 1.165) is 27.3 Å². The van der Waals surface area contributed by atoms with Crippen LogP contribution in [0.1, 0.15) is 39.7 Å². The molecule has 1 aliphatic heterocycles. The highest BCUT2D eigenvalue weighted by atomic mass is 16.5. The van der Waals surface area contributed by atoms with Crippen molar-refractivity contribution in [2.45, 2.75) is 11.8 Å². The highest BCUT2D eigenvalue weighted by Gasteiger charge is 2.61. The number of carbonyl (C=O) groups is 2. The summed E-state index contributed by atoms with van der Waals surface area (Å²) in [6.45, 7) is 0. The maximum Gasteiger partial charge on any atom is 0.254 e. The van der Waals surface area contributed by atoms with Crippen LogP contribution in [-0.4, -0.2) is 35.3 Å². The first-order valence-corrected chi connectivity index (χ1v) is 10.6. The third-order valence-electron chi connectivity index (χ3n) is 6.97. The molecule has 4 aliphatic rings. The number of carbonyl (C=O) groups excluding carboxylic acids is 2. The number of phenolic OH excluding ortho intramolecular Hbond substituents is 1. The number of imide groups is 1. The fourth-order valence-corrected chi connectivity index (χ4v) is 5.66. The number of hydrogen-bond acceptors (Lipinski definition) is 5. The van der Waals surface area contributed by atoms with Crippen LogP contribution in [0, 0.1) is 11.8 Å². The van der Waals surface area contributed by atoms with E-state index in [-0.39, 0.29) is 29.4 Å². The van der Waals surface area contributed by atoms with Gasteiger partial charge in [-0.15, -0.1) is 0 Å². The lowest BCUT2D eigenvalue weighted by atomic mass is 9.55. The summed E-state index contributed by atoms with van der Waals surface area (Å²) in [6, 6.07) is 20.9. The Morgan fingerprint density at radius 3 is 1.81 bits per heavy atom. The molecule has 3 aliphatic carbocycles. The standard InChI is InChI=1S/C26H20N2O4/c1-32-15-10-11-20(29)14(12-15)13-27-28-25(30)23-21-16-6-2-3-7-17(16)22(24(23)26(28)31)19-9-5-4-8-18(19)21/h2-13,21-24,29H,1H3/b27-13-/t21?,22?,23-,24-/m1/s1. The molecule has 1 N–H and O–H groups in total. The van der Waals surface area contributed by atoms with Crippen molar-refractivity contribution in [1.29, 1.82) is 0 Å². The molecule has 2 atom stereocenters. The predicted molar refractivity (Wildman–Crippen MR) is 118 cm³/mol. The van der Waals surface area contributed by atoms with Gasteiger partial charge < -0.3 is 9.84 Å². The van der Waals surface area contributed by atoms with E-state index >= 15 is 0 Å². The van der Waals surface area contributed by atoms with Crippen LogP contribution < -0.4 is 4.74 Å². The van der Waals surface area contributed by atoms with Gasteiger partial charge in [-0.1, -0.05) is 48.5 Å². The highest BCUT2D eigenvalue weighted by Crippen LogP contribution is 2.60. The number of hydrazone groups is 1. The first kappa shape index (κ1) is 18.8. The van der Waals surface area contributed by atoms with Crippen molar-refractivity contribution in [3.63, 3.8) is 0 Å². The van der Waals surface area contributed by atoms with E-state index in [1.54, 1.807) is 12.1 Å². The Kier molecular flexibility index (Phi) is 3.99. The van der Waals surface area contributed by atoms with Crippen molar-refractivity contribution in [3.8, 4) is 11.5 Å². The Hall–Kier alpha value is -3.93. The number of phenols is 1. The van der Waals surface area contributed by atoms with E-state index < -0.39 is 11.8 Å². The summed E-state index contributed by atoms with van der Waals surface area (Å²) >= 11 is 0. The molecule has 0 aromatic heterocycles. The van der Waals surface area contributed by atoms with Crippen molar-refractivity contribution in [1.82, 2.24) is 5.01 Å². The summed E-state index contributed by atoms with van der Waals surface area (Å²) in [4.78, 5) is 27.0. The van der Waals surface area contributed by atoms with Gasteiger partial charge >= 0.3 is 0 Å². The lowest BCUT2D eigenvalue weighted by Gasteiger charge is -2.45. The minimum absolute atomic E-state index is 0.00839. The largest absolute Gasteiger partial charge is 0.507 e. The summed E-state index contributed by atoms with van der Waals surface area (Å²) in [7, 11) is 1.52. The summed E-state index contributed by atoms with van der Waals surface area (Å²) in [5.41, 5.74) is 4.85. The zero-order valence-corrected chi connectivity index (χ0v) is 17.3. The second-order valence-electron chi connectivity index (χ2n) is 8.42. The van der Waals surface area contributed by atoms with Crippen LogP contribution in [0.15, 0.2) is 71.8 Å². The van der Waals surface area contributed by atoms with Crippen molar-refractivity contribution in [3.05, 3.63) is 94.5 Å². The lowest BCUT2D eigenvalue weighted by Crippen LogP contribution is -2.41. The Morgan fingerprint density at radius 2 is 1.34 bits per heavy atom. The van der Waals surface area contributed by atoms with Gasteiger partial charge in [0.1, 0.15) is 11.5 Å². The first-order chi connectivity index (χ1) is 15.6. The fraction of sp³-hybridized carbons (Fsp3) is 0.192. The van der Waals surface area contributed by atoms with Crippen LogP contribution >= 0.6 is 0 Å². The van der Waals surface area contributed by atoms with Crippen molar-refractivity contribution >= 4 is 18.0 Å². The van der Waals surface area contributed by atoms with E-state index in [9.17, 15) is 14.7 Å². The average Bonchev–Trinajstić information content (AvgIpc) is 3.08. The molecular formula is C26H20N2O4. The molecule has 2 amide bonds. The van der Waals surface area contributed by atoms with Crippen LogP contribution in [0.4, 0.5) is 0 Å². The molecule has 158 valence electrons. The van der Waals surface area contributed by atoms with E-state index in [1.165, 1.54) is 19.4 Å². The quantitative estimate of drug-likeness (QED) is 0.514. The fourth-order valence-electron chi connectivity index (χ4n) is 5.66. The van der Waals surface area contributed by atoms with Crippen molar-refractivity contribution in [2.75, 3.05) is 7.11 Å². The topological polar surface area (TPSA) is 79.2 Å². The van der Waals surface area contributed by atoms with Gasteiger partial charge in [-0.2, -0.15) is 10.1 Å². The maximum atomic E-state index is 13.5. The van der Waals surface area contributed by atoms with E-state index in [1.807, 2.05) is 24.3 Å². The summed E-state index contributed by atoms with van der Waals surface area (Å²) < 4.78 is 5.19. The van der Waals surface area contributed by atoms with Crippen LogP contribution in [0.25, 0.3) is 0 Å². The molecule has 32 heavy (non-hydrogen) atoms. The second kappa shape index (κ2) is 6.79. The molecule has 0 saturated carbocycles. The minimum Gasteiger partial charge on any atom is -0.507 e. The third-order valence-corrected chi connectivity index (χ3v) is 6.97. The average molecular weight is 424 g/mol. The molecular weight excluding hydrogens is 404 g/mol. The molecule has 0 spiro atoms. The normalized spacial score (nSPS) is 25.1. The van der Waals surface area contributed by atoms with Crippen LogP contribution in [-0.2, 0) is 9.59 Å². The predicted octanol–water partition coefficient (Wildman–Crippen LogP) is 3.63. The van der Waals surface area contributed by atoms with Crippen LogP contribution in [0.3, 0.4) is 0 Å². The van der Waals surface area contributed by atoms with E-state index in [4.69, 9.17) is 4.74 Å². The molecule has 3 aromatic carbocycles. The number of amides is 2. The molecule has 1 saturated heterocycles. The van der Waals surface area contributed by atoms with Gasteiger partial charge in [0, 0.05) is 17.4 Å². The molecule has 1 heterocycles. The molecule has 2 bridgehead atoms. The minimum atomic E-state index is -0.478. The summed E-state index contributed by atoms with van der Waals surface area (Å²) in [6.07, 6.45) is 1.34. The van der Waals surface area contributed by atoms with Crippen molar-refractivity contribution < 1.29 is 19.4 Å². The molecule has 6 nitrogen and oxygen atoms in total. The zero-order valence-electron chi connectivity index (χ0n) is 17.3. The van der Waals surface area contributed by atoms with Crippen LogP contribution in [0.5, 0.6) is 11.5 Å². The SMILES string of the molecule is COc1ccc(O)c(/C=N\N2C(=O)[C@@H]3C4c5ccccc5C(c5ccccc54)[C@H]3C2=O)c1. The molecule has 1 fully saturated rings. The number of hydrogen-bond donors (Lipinski definition) is 1. The number of nitrogens with zero attached hydrogens (tertiary/aromatic N) is 2. The number of methoxy groups -OCH3 is 1. The summed E-state index contributed by atoms with van der Waals surface area (Å²) in [5.74, 6) is -1.34. The monoisotopic (exact) mass is 424 g/mol. The van der Waals surface area contributed by atoms with Gasteiger partial charge in [0.05, 0.1) is 25.2 Å². The van der Waals surface area contributed by atoms with E-state index in [0.29, 0.717) is 11.3 Å². The van der Waals surface area contributed by atoms with Gasteiger partial charge in [0.15, 0.2) is 0 Å². The Labute approximate surface area is 184 Å². The lowest BCUT2D eigenvalue weighted by molar-refractivity contribution is -0.139. The number of benzene rings is 3. The Morgan fingerprint density at radius 1 is 0.844 bits per heavy atom. The molecule has 0 unspecified atom stereocenters. The van der Waals surface area contributed by atoms with Gasteiger partial charge in [0.2, 0.25) is 0 Å². The van der Waals surface area contributed by atoms with Gasteiger partial charge in [0.25, 0.3) is 11.8 Å². The number of aromatic hydroxyl groups is 1. The number of ether oxygens (including phenoxy) is 1. The number of rotatable bonds is 3. The van der Waals surface area contributed by atoms with E-state index in [2.05, 4.69) is 29.4 Å². The molecule has 0 radical (unpaired) electrons. The van der Waals surface area contributed by atoms with Crippen LogP contribution in [0.2, 0.25) is 0 Å². The zero-order chi connectivity index (χ0) is 22.0. The molecule has 3 aromatic rings. The molecule has 6 heteroatoms. The highest BCUT2D eigenvalue weighted by molar-refractivity contribution is 6.08. The van der Waals surface area contributed by atoms with Crippen molar-refractivity contribution in [2.24, 2.45) is 16.9 Å².